The molecule has 1 unspecified atom stereocenters. The highest BCUT2D eigenvalue weighted by Crippen LogP contribution is 2.31. The van der Waals surface area contributed by atoms with Crippen LogP contribution in [0.1, 0.15) is 23.5 Å². The summed E-state index contributed by atoms with van der Waals surface area (Å²) in [4.78, 5) is 0. The Hall–Kier alpha value is -0.750. The first-order valence-corrected chi connectivity index (χ1v) is 4.69. The molecule has 0 N–H and O–H groups in total. The lowest BCUT2D eigenvalue weighted by Gasteiger charge is -2.07. The molecule has 1 aromatic carbocycles. The molecular weight excluding hydrogens is 168 g/mol. The predicted molar refractivity (Wildman–Crippen MR) is 52.4 cm³/mol. The molecule has 1 radical (unpaired) electrons. The fourth-order valence-corrected chi connectivity index (χ4v) is 1.86. The summed E-state index contributed by atoms with van der Waals surface area (Å²) in [6, 6.07) is 9.21. The van der Waals surface area contributed by atoms with E-state index in [4.69, 9.17) is 11.6 Å². The molecule has 0 spiro atoms. The van der Waals surface area contributed by atoms with Crippen LogP contribution in [0.5, 0.6) is 0 Å². The Bertz CT molecular complexity index is 302. The minimum atomic E-state index is 0.523. The van der Waals surface area contributed by atoms with Crippen molar-refractivity contribution in [2.24, 2.45) is 0 Å². The van der Waals surface area contributed by atoms with E-state index in [9.17, 15) is 0 Å². The van der Waals surface area contributed by atoms with Gasteiger partial charge < -0.3 is 0 Å². The maximum Gasteiger partial charge on any atom is 0.0232 e. The van der Waals surface area contributed by atoms with Gasteiger partial charge >= 0.3 is 0 Å². The Morgan fingerprint density at radius 1 is 1.50 bits per heavy atom. The zero-order valence-electron chi connectivity index (χ0n) is 6.76. The molecule has 0 aliphatic heterocycles. The van der Waals surface area contributed by atoms with E-state index in [-0.39, 0.29) is 0 Å². The number of rotatable bonds is 2. The zero-order chi connectivity index (χ0) is 8.39. The molecule has 61 valence electrons. The van der Waals surface area contributed by atoms with Gasteiger partial charge in [0.2, 0.25) is 0 Å². The lowest BCUT2D eigenvalue weighted by molar-refractivity contribution is 0.824. The Kier molecular flexibility index (Phi) is 2.18. The molecule has 0 saturated heterocycles. The fraction of sp³-hybridized carbons (Fsp3) is 0.273. The second kappa shape index (κ2) is 3.32. The minimum absolute atomic E-state index is 0.523. The van der Waals surface area contributed by atoms with Crippen molar-refractivity contribution in [1.29, 1.82) is 0 Å². The molecule has 0 fully saturated rings. The van der Waals surface area contributed by atoms with E-state index in [1.807, 2.05) is 6.07 Å². The highest BCUT2D eigenvalue weighted by Gasteiger charge is 2.15. The number of halogens is 1. The van der Waals surface area contributed by atoms with Gasteiger partial charge in [-0.15, -0.1) is 11.6 Å². The van der Waals surface area contributed by atoms with Gasteiger partial charge in [-0.2, -0.15) is 0 Å². The van der Waals surface area contributed by atoms with Crippen LogP contribution in [0.3, 0.4) is 0 Å². The van der Waals surface area contributed by atoms with Gasteiger partial charge in [0.1, 0.15) is 0 Å². The SMILES string of the molecule is ClCCC1C=Cc2cc[c]cc21. The molecule has 1 atom stereocenters. The monoisotopic (exact) mass is 177 g/mol. The van der Waals surface area contributed by atoms with Crippen molar-refractivity contribution in [1.82, 2.24) is 0 Å². The summed E-state index contributed by atoms with van der Waals surface area (Å²) in [5, 5.41) is 0. The molecule has 1 aliphatic rings. The minimum Gasteiger partial charge on any atom is -0.127 e. The first-order valence-electron chi connectivity index (χ1n) is 4.16. The van der Waals surface area contributed by atoms with Crippen LogP contribution in [0.2, 0.25) is 0 Å². The second-order valence-electron chi connectivity index (χ2n) is 3.00. The number of hydrogen-bond acceptors (Lipinski definition) is 0. The average molecular weight is 178 g/mol. The van der Waals surface area contributed by atoms with Crippen LogP contribution in [0.25, 0.3) is 6.08 Å². The smallest absolute Gasteiger partial charge is 0.0232 e. The van der Waals surface area contributed by atoms with Crippen molar-refractivity contribution in [3.8, 4) is 0 Å². The van der Waals surface area contributed by atoms with Crippen LogP contribution in [0, 0.1) is 6.07 Å². The van der Waals surface area contributed by atoms with Gasteiger partial charge in [0.05, 0.1) is 0 Å². The van der Waals surface area contributed by atoms with Gasteiger partial charge in [-0.05, 0) is 29.7 Å². The van der Waals surface area contributed by atoms with E-state index >= 15 is 0 Å². The Balaban J connectivity index is 2.30. The van der Waals surface area contributed by atoms with Gasteiger partial charge in [0.15, 0.2) is 0 Å². The third-order valence-electron chi connectivity index (χ3n) is 2.26. The summed E-state index contributed by atoms with van der Waals surface area (Å²) in [5.41, 5.74) is 2.70. The fourth-order valence-electron chi connectivity index (χ4n) is 1.62. The van der Waals surface area contributed by atoms with Crippen LogP contribution in [0.4, 0.5) is 0 Å². The topological polar surface area (TPSA) is 0 Å². The summed E-state index contributed by atoms with van der Waals surface area (Å²) in [6.45, 7) is 0. The molecule has 0 nitrogen and oxygen atoms in total. The molecule has 0 amide bonds. The van der Waals surface area contributed by atoms with E-state index in [1.165, 1.54) is 11.1 Å². The van der Waals surface area contributed by atoms with E-state index in [0.717, 1.165) is 12.3 Å². The Labute approximate surface area is 77.9 Å². The highest BCUT2D eigenvalue weighted by molar-refractivity contribution is 6.17. The van der Waals surface area contributed by atoms with Crippen molar-refractivity contribution in [3.63, 3.8) is 0 Å². The number of benzene rings is 1. The third kappa shape index (κ3) is 1.27. The van der Waals surface area contributed by atoms with E-state index < -0.39 is 0 Å². The van der Waals surface area contributed by atoms with Crippen molar-refractivity contribution in [2.45, 2.75) is 12.3 Å². The molecule has 1 aromatic rings. The van der Waals surface area contributed by atoms with Gasteiger partial charge in [-0.1, -0.05) is 24.3 Å². The summed E-state index contributed by atoms with van der Waals surface area (Å²) >= 11 is 5.70. The molecule has 0 heterocycles. The van der Waals surface area contributed by atoms with E-state index in [0.29, 0.717) is 5.92 Å². The summed E-state index contributed by atoms with van der Waals surface area (Å²) < 4.78 is 0. The van der Waals surface area contributed by atoms with Crippen LogP contribution >= 0.6 is 11.6 Å². The first-order chi connectivity index (χ1) is 5.92. The zero-order valence-corrected chi connectivity index (χ0v) is 7.51. The number of allylic oxidation sites excluding steroid dienone is 1. The average Bonchev–Trinajstić information content (AvgIpc) is 2.50. The van der Waals surface area contributed by atoms with Gasteiger partial charge in [0, 0.05) is 11.8 Å². The standard InChI is InChI=1S/C11H10Cl/c12-8-7-10-6-5-9-3-1-2-4-11(9)10/h1,3-6,10H,7-8H2. The molecule has 0 bridgehead atoms. The first kappa shape index (κ1) is 7.88. The largest absolute Gasteiger partial charge is 0.127 e. The van der Waals surface area contributed by atoms with E-state index in [1.54, 1.807) is 0 Å². The summed E-state index contributed by atoms with van der Waals surface area (Å²) in [6.07, 6.45) is 5.42. The Morgan fingerprint density at radius 3 is 3.25 bits per heavy atom. The molecule has 0 aromatic heterocycles. The quantitative estimate of drug-likeness (QED) is 0.609. The molecular formula is C11H10Cl. The van der Waals surface area contributed by atoms with Gasteiger partial charge in [-0.3, -0.25) is 0 Å². The highest BCUT2D eigenvalue weighted by atomic mass is 35.5. The van der Waals surface area contributed by atoms with Gasteiger partial charge in [0.25, 0.3) is 0 Å². The number of hydrogen-bond donors (Lipinski definition) is 0. The van der Waals surface area contributed by atoms with Crippen molar-refractivity contribution >= 4 is 17.7 Å². The molecule has 12 heavy (non-hydrogen) atoms. The molecule has 2 rings (SSSR count). The van der Waals surface area contributed by atoms with Crippen LogP contribution < -0.4 is 0 Å². The van der Waals surface area contributed by atoms with E-state index in [2.05, 4.69) is 30.4 Å². The maximum absolute atomic E-state index is 5.70. The van der Waals surface area contributed by atoms with Crippen molar-refractivity contribution in [2.75, 3.05) is 5.88 Å². The molecule has 1 aliphatic carbocycles. The summed E-state index contributed by atoms with van der Waals surface area (Å²) in [5.74, 6) is 1.25. The van der Waals surface area contributed by atoms with Crippen LogP contribution in [0.15, 0.2) is 24.3 Å². The Morgan fingerprint density at radius 2 is 2.42 bits per heavy atom. The predicted octanol–water partition coefficient (Wildman–Crippen LogP) is 3.23. The van der Waals surface area contributed by atoms with Crippen molar-refractivity contribution in [3.05, 3.63) is 41.5 Å². The molecule has 0 saturated carbocycles. The second-order valence-corrected chi connectivity index (χ2v) is 3.38. The van der Waals surface area contributed by atoms with Crippen LogP contribution in [-0.4, -0.2) is 5.88 Å². The van der Waals surface area contributed by atoms with Gasteiger partial charge in [-0.25, -0.2) is 0 Å². The maximum atomic E-state index is 5.70. The molecule has 1 heteroatoms. The number of fused-ring (bicyclic) bond motifs is 1. The number of alkyl halides is 1. The third-order valence-corrected chi connectivity index (χ3v) is 2.48. The lowest BCUT2D eigenvalue weighted by atomic mass is 9.99. The lowest BCUT2D eigenvalue weighted by Crippen LogP contribution is -1.93. The van der Waals surface area contributed by atoms with Crippen LogP contribution in [-0.2, 0) is 0 Å². The summed E-state index contributed by atoms with van der Waals surface area (Å²) in [7, 11) is 0. The van der Waals surface area contributed by atoms with Crippen molar-refractivity contribution < 1.29 is 0 Å². The normalized spacial score (nSPS) is 19.6.